The number of benzene rings is 2. The van der Waals surface area contributed by atoms with Crippen LogP contribution in [-0.4, -0.2) is 23.0 Å². The minimum absolute atomic E-state index is 0.0224. The number of carbonyl (C=O) groups excluding carboxylic acids is 1. The first-order valence-electron chi connectivity index (χ1n) is 8.34. The van der Waals surface area contributed by atoms with Gasteiger partial charge in [-0.25, -0.2) is 4.79 Å². The quantitative estimate of drug-likeness (QED) is 0.866. The van der Waals surface area contributed by atoms with E-state index in [0.717, 1.165) is 11.1 Å². The molecular formula is C21H22N2O3. The highest BCUT2D eigenvalue weighted by atomic mass is 16.4. The molecule has 5 nitrogen and oxygen atoms in total. The number of hydrogen-bond donors (Lipinski definition) is 2. The predicted molar refractivity (Wildman–Crippen MR) is 98.9 cm³/mol. The largest absolute Gasteiger partial charge is 0.480 e. The monoisotopic (exact) mass is 350 g/mol. The molecule has 0 unspecified atom stereocenters. The summed E-state index contributed by atoms with van der Waals surface area (Å²) in [6.45, 7) is 6.33. The topological polar surface area (TPSA) is 90.2 Å². The van der Waals surface area contributed by atoms with E-state index in [2.05, 4.69) is 26.1 Å². The molecule has 134 valence electrons. The number of nitriles is 1. The Morgan fingerprint density at radius 3 is 2.12 bits per heavy atom. The maximum Gasteiger partial charge on any atom is 0.326 e. The highest BCUT2D eigenvalue weighted by Crippen LogP contribution is 2.22. The summed E-state index contributed by atoms with van der Waals surface area (Å²) in [6, 6.07) is 14.8. The first kappa shape index (κ1) is 19.2. The first-order chi connectivity index (χ1) is 12.2. The standard InChI is InChI=1S/C21H22N2O3/c1-21(2,3)17-10-6-14(7-11-17)12-18(20(25)26)23-19(24)16-8-4-15(13-22)5-9-16/h4-11,18H,12H2,1-3H3,(H,23,24)(H,25,26)/t18-/m0/s1. The van der Waals surface area contributed by atoms with Gasteiger partial charge in [-0.05, 0) is 40.8 Å². The lowest BCUT2D eigenvalue weighted by Crippen LogP contribution is -2.42. The van der Waals surface area contributed by atoms with Gasteiger partial charge in [-0.2, -0.15) is 5.26 Å². The van der Waals surface area contributed by atoms with Gasteiger partial charge in [0.1, 0.15) is 6.04 Å². The van der Waals surface area contributed by atoms with Gasteiger partial charge in [-0.1, -0.05) is 45.0 Å². The van der Waals surface area contributed by atoms with Crippen LogP contribution in [0, 0.1) is 11.3 Å². The maximum atomic E-state index is 12.3. The normalized spacial score (nSPS) is 12.1. The molecule has 0 spiro atoms. The van der Waals surface area contributed by atoms with E-state index in [-0.39, 0.29) is 11.8 Å². The second-order valence-corrected chi connectivity index (χ2v) is 7.20. The van der Waals surface area contributed by atoms with E-state index >= 15 is 0 Å². The van der Waals surface area contributed by atoms with E-state index in [1.807, 2.05) is 30.3 Å². The van der Waals surface area contributed by atoms with Gasteiger partial charge in [-0.3, -0.25) is 4.79 Å². The zero-order valence-corrected chi connectivity index (χ0v) is 15.1. The van der Waals surface area contributed by atoms with Crippen molar-refractivity contribution in [1.82, 2.24) is 5.32 Å². The molecule has 26 heavy (non-hydrogen) atoms. The molecule has 0 aliphatic heterocycles. The van der Waals surface area contributed by atoms with Crippen LogP contribution in [0.2, 0.25) is 0 Å². The molecule has 2 N–H and O–H groups in total. The van der Waals surface area contributed by atoms with Crippen LogP contribution in [0.4, 0.5) is 0 Å². The van der Waals surface area contributed by atoms with Crippen molar-refractivity contribution in [3.8, 4) is 6.07 Å². The van der Waals surface area contributed by atoms with E-state index < -0.39 is 17.9 Å². The number of carboxylic acids is 1. The number of carbonyl (C=O) groups is 2. The molecule has 0 heterocycles. The molecule has 1 atom stereocenters. The van der Waals surface area contributed by atoms with Crippen molar-refractivity contribution < 1.29 is 14.7 Å². The Kier molecular flexibility index (Phi) is 5.78. The number of nitrogens with zero attached hydrogens (tertiary/aromatic N) is 1. The molecule has 0 bridgehead atoms. The Labute approximate surface area is 153 Å². The highest BCUT2D eigenvalue weighted by molar-refractivity contribution is 5.96. The number of nitrogens with one attached hydrogen (secondary N) is 1. The van der Waals surface area contributed by atoms with Crippen LogP contribution in [0.3, 0.4) is 0 Å². The SMILES string of the molecule is CC(C)(C)c1ccc(C[C@H](NC(=O)c2ccc(C#N)cc2)C(=O)O)cc1. The smallest absolute Gasteiger partial charge is 0.326 e. The van der Waals surface area contributed by atoms with E-state index in [0.29, 0.717) is 11.1 Å². The summed E-state index contributed by atoms with van der Waals surface area (Å²) in [6.07, 6.45) is 0.196. The molecule has 2 rings (SSSR count). The molecule has 0 saturated carbocycles. The lowest BCUT2D eigenvalue weighted by Gasteiger charge is -2.20. The van der Waals surface area contributed by atoms with E-state index in [9.17, 15) is 14.7 Å². The molecule has 0 aliphatic rings. The molecule has 2 aromatic rings. The average molecular weight is 350 g/mol. The van der Waals surface area contributed by atoms with Gasteiger partial charge in [0.2, 0.25) is 0 Å². The third kappa shape index (κ3) is 4.93. The van der Waals surface area contributed by atoms with Crippen LogP contribution in [0.25, 0.3) is 0 Å². The fourth-order valence-electron chi connectivity index (χ4n) is 2.51. The minimum atomic E-state index is -1.09. The summed E-state index contributed by atoms with van der Waals surface area (Å²) in [7, 11) is 0. The number of rotatable bonds is 5. The molecule has 2 aromatic carbocycles. The fourth-order valence-corrected chi connectivity index (χ4v) is 2.51. The van der Waals surface area contributed by atoms with Gasteiger partial charge in [0, 0.05) is 12.0 Å². The summed E-state index contributed by atoms with van der Waals surface area (Å²) in [5.41, 5.74) is 2.78. The zero-order chi connectivity index (χ0) is 19.3. The summed E-state index contributed by atoms with van der Waals surface area (Å²) in [5.74, 6) is -1.57. The van der Waals surface area contributed by atoms with Crippen LogP contribution in [0.15, 0.2) is 48.5 Å². The van der Waals surface area contributed by atoms with Crippen LogP contribution in [0.1, 0.15) is 47.8 Å². The van der Waals surface area contributed by atoms with Gasteiger partial charge < -0.3 is 10.4 Å². The van der Waals surface area contributed by atoms with Crippen molar-refractivity contribution in [1.29, 1.82) is 5.26 Å². The Bertz CT molecular complexity index is 826. The summed E-state index contributed by atoms with van der Waals surface area (Å²) < 4.78 is 0. The molecule has 0 fully saturated rings. The van der Waals surface area contributed by atoms with Crippen molar-refractivity contribution in [2.75, 3.05) is 0 Å². The van der Waals surface area contributed by atoms with Crippen molar-refractivity contribution >= 4 is 11.9 Å². The molecule has 1 amide bonds. The molecule has 0 radical (unpaired) electrons. The van der Waals surface area contributed by atoms with Gasteiger partial charge in [0.25, 0.3) is 5.91 Å². The molecule has 0 aliphatic carbocycles. The Morgan fingerprint density at radius 2 is 1.65 bits per heavy atom. The second-order valence-electron chi connectivity index (χ2n) is 7.20. The van der Waals surface area contributed by atoms with Crippen molar-refractivity contribution in [2.45, 2.75) is 38.6 Å². The van der Waals surface area contributed by atoms with Crippen molar-refractivity contribution in [2.24, 2.45) is 0 Å². The zero-order valence-electron chi connectivity index (χ0n) is 15.1. The van der Waals surface area contributed by atoms with Gasteiger partial charge in [-0.15, -0.1) is 0 Å². The van der Waals surface area contributed by atoms with Gasteiger partial charge in [0.05, 0.1) is 11.6 Å². The Morgan fingerprint density at radius 1 is 1.08 bits per heavy atom. The van der Waals surface area contributed by atoms with E-state index in [1.54, 1.807) is 0 Å². The van der Waals surface area contributed by atoms with Crippen LogP contribution in [-0.2, 0) is 16.6 Å². The molecular weight excluding hydrogens is 328 g/mol. The minimum Gasteiger partial charge on any atom is -0.480 e. The van der Waals surface area contributed by atoms with Crippen molar-refractivity contribution in [3.63, 3.8) is 0 Å². The van der Waals surface area contributed by atoms with Crippen LogP contribution >= 0.6 is 0 Å². The van der Waals surface area contributed by atoms with Crippen LogP contribution in [0.5, 0.6) is 0 Å². The van der Waals surface area contributed by atoms with Gasteiger partial charge >= 0.3 is 5.97 Å². The molecule has 5 heteroatoms. The van der Waals surface area contributed by atoms with E-state index in [4.69, 9.17) is 5.26 Å². The summed E-state index contributed by atoms with van der Waals surface area (Å²) in [5, 5.41) is 20.8. The fraction of sp³-hybridized carbons (Fsp3) is 0.286. The third-order valence-electron chi connectivity index (χ3n) is 4.14. The highest BCUT2D eigenvalue weighted by Gasteiger charge is 2.21. The first-order valence-corrected chi connectivity index (χ1v) is 8.34. The summed E-state index contributed by atoms with van der Waals surface area (Å²) in [4.78, 5) is 23.8. The Hall–Kier alpha value is -3.13. The average Bonchev–Trinajstić information content (AvgIpc) is 2.60. The maximum absolute atomic E-state index is 12.3. The predicted octanol–water partition coefficient (Wildman–Crippen LogP) is 3.28. The second kappa shape index (κ2) is 7.83. The van der Waals surface area contributed by atoms with E-state index in [1.165, 1.54) is 24.3 Å². The van der Waals surface area contributed by atoms with Gasteiger partial charge in [0.15, 0.2) is 0 Å². The third-order valence-corrected chi connectivity index (χ3v) is 4.14. The molecule has 0 saturated heterocycles. The lowest BCUT2D eigenvalue weighted by molar-refractivity contribution is -0.139. The van der Waals surface area contributed by atoms with Crippen molar-refractivity contribution in [3.05, 3.63) is 70.8 Å². The van der Waals surface area contributed by atoms with Crippen LogP contribution < -0.4 is 5.32 Å². The Balaban J connectivity index is 2.10. The molecule has 0 aromatic heterocycles. The number of carboxylic acid groups (broad SMARTS) is 1. The summed E-state index contributed by atoms with van der Waals surface area (Å²) >= 11 is 0. The lowest BCUT2D eigenvalue weighted by atomic mass is 9.86. The number of hydrogen-bond acceptors (Lipinski definition) is 3. The number of amides is 1. The number of aliphatic carboxylic acids is 1.